The van der Waals surface area contributed by atoms with Crippen LogP contribution in [0.3, 0.4) is 0 Å². The van der Waals surface area contributed by atoms with Crippen molar-refractivity contribution in [2.45, 2.75) is 70.2 Å². The average molecular weight is 468 g/mol. The summed E-state index contributed by atoms with van der Waals surface area (Å²) in [5.74, 6) is 0.801. The third kappa shape index (κ3) is 4.80. The number of likely N-dealkylation sites (tertiary alicyclic amines) is 1. The van der Waals surface area contributed by atoms with Crippen LogP contribution in [0.4, 0.5) is 0 Å². The van der Waals surface area contributed by atoms with Crippen molar-refractivity contribution >= 4 is 11.8 Å². The number of aromatic nitrogens is 3. The van der Waals surface area contributed by atoms with Crippen molar-refractivity contribution in [3.63, 3.8) is 0 Å². The number of carbonyl (C=O) groups excluding carboxylic acids is 2. The molecule has 0 spiro atoms. The smallest absolute Gasteiger partial charge is 0.276 e. The second-order valence-corrected chi connectivity index (χ2v) is 9.55. The van der Waals surface area contributed by atoms with Crippen LogP contribution in [0.5, 0.6) is 5.75 Å². The number of amides is 2. The lowest BCUT2D eigenvalue weighted by atomic mass is 9.92. The third-order valence-electron chi connectivity index (χ3n) is 7.39. The fourth-order valence-corrected chi connectivity index (χ4v) is 5.26. The molecule has 9 nitrogen and oxygen atoms in total. The fourth-order valence-electron chi connectivity index (χ4n) is 5.26. The molecule has 2 aliphatic heterocycles. The molecule has 3 aliphatic rings. The summed E-state index contributed by atoms with van der Waals surface area (Å²) >= 11 is 0. The highest BCUT2D eigenvalue weighted by Crippen LogP contribution is 2.29. The highest BCUT2D eigenvalue weighted by molar-refractivity contribution is 5.93. The lowest BCUT2D eigenvalue weighted by Crippen LogP contribution is -2.46. The first-order valence-corrected chi connectivity index (χ1v) is 12.4. The number of benzene rings is 1. The molecule has 1 aromatic heterocycles. The summed E-state index contributed by atoms with van der Waals surface area (Å²) in [4.78, 5) is 27.7. The molecule has 1 saturated heterocycles. The Morgan fingerprint density at radius 1 is 1.06 bits per heavy atom. The summed E-state index contributed by atoms with van der Waals surface area (Å²) in [5, 5.41) is 11.7. The summed E-state index contributed by atoms with van der Waals surface area (Å²) in [7, 11) is 1.64. The molecule has 2 aromatic rings. The Labute approximate surface area is 199 Å². The molecule has 34 heavy (non-hydrogen) atoms. The highest BCUT2D eigenvalue weighted by atomic mass is 16.5. The van der Waals surface area contributed by atoms with Crippen LogP contribution in [0.25, 0.3) is 0 Å². The lowest BCUT2D eigenvalue weighted by Gasteiger charge is -2.32. The van der Waals surface area contributed by atoms with E-state index in [1.165, 1.54) is 19.3 Å². The molecule has 5 rings (SSSR count). The molecular weight excluding hydrogens is 434 g/mol. The Morgan fingerprint density at radius 3 is 2.50 bits per heavy atom. The molecule has 0 radical (unpaired) electrons. The van der Waals surface area contributed by atoms with Gasteiger partial charge in [0.2, 0.25) is 5.91 Å². The van der Waals surface area contributed by atoms with Crippen molar-refractivity contribution in [2.24, 2.45) is 5.92 Å². The van der Waals surface area contributed by atoms with Crippen LogP contribution in [-0.2, 0) is 22.7 Å². The van der Waals surface area contributed by atoms with E-state index in [9.17, 15) is 9.59 Å². The monoisotopic (exact) mass is 467 g/mol. The van der Waals surface area contributed by atoms with Crippen LogP contribution in [0.2, 0.25) is 0 Å². The number of methoxy groups -OCH3 is 1. The number of fused-ring (bicyclic) bond motifs is 1. The minimum absolute atomic E-state index is 0.0198. The predicted molar refractivity (Wildman–Crippen MR) is 124 cm³/mol. The van der Waals surface area contributed by atoms with Gasteiger partial charge >= 0.3 is 0 Å². The Hall–Kier alpha value is -2.94. The zero-order chi connectivity index (χ0) is 23.5. The Bertz CT molecular complexity index is 1010. The van der Waals surface area contributed by atoms with Gasteiger partial charge in [-0.15, -0.1) is 5.10 Å². The fraction of sp³-hybridized carbons (Fsp3) is 0.600. The number of nitrogens with one attached hydrogen (secondary N) is 1. The summed E-state index contributed by atoms with van der Waals surface area (Å²) in [6.07, 6.45) is 7.06. The maximum absolute atomic E-state index is 13.2. The highest BCUT2D eigenvalue weighted by Gasteiger charge is 2.33. The van der Waals surface area contributed by atoms with Gasteiger partial charge in [-0.2, -0.15) is 0 Å². The van der Waals surface area contributed by atoms with Crippen LogP contribution in [0, 0.1) is 5.92 Å². The number of hydrogen-bond donors (Lipinski definition) is 1. The zero-order valence-corrected chi connectivity index (χ0v) is 19.7. The Kier molecular flexibility index (Phi) is 6.80. The van der Waals surface area contributed by atoms with Gasteiger partial charge in [0.25, 0.3) is 5.91 Å². The molecule has 0 bridgehead atoms. The number of piperidine rings is 1. The van der Waals surface area contributed by atoms with Gasteiger partial charge in [0, 0.05) is 25.0 Å². The Balaban J connectivity index is 1.16. The number of rotatable bonds is 5. The first kappa shape index (κ1) is 22.8. The van der Waals surface area contributed by atoms with E-state index in [2.05, 4.69) is 15.6 Å². The number of hydrogen-bond acceptors (Lipinski definition) is 6. The van der Waals surface area contributed by atoms with Crippen molar-refractivity contribution < 1.29 is 19.1 Å². The molecule has 1 saturated carbocycles. The van der Waals surface area contributed by atoms with E-state index >= 15 is 0 Å². The van der Waals surface area contributed by atoms with E-state index in [1.807, 2.05) is 24.3 Å². The van der Waals surface area contributed by atoms with E-state index in [0.29, 0.717) is 49.9 Å². The number of ether oxygens (including phenoxy) is 2. The van der Waals surface area contributed by atoms with Gasteiger partial charge in [0.1, 0.15) is 11.9 Å². The van der Waals surface area contributed by atoms with Gasteiger partial charge in [-0.25, -0.2) is 4.68 Å². The van der Waals surface area contributed by atoms with E-state index in [4.69, 9.17) is 9.47 Å². The summed E-state index contributed by atoms with van der Waals surface area (Å²) in [6, 6.07) is 8.09. The Morgan fingerprint density at radius 2 is 1.79 bits per heavy atom. The molecular formula is C25H33N5O4. The SMILES string of the molecule is COc1ccc(C2Cn3nnc(C(=O)N4CCC(C(=O)NC5CCCCC5)CC4)c3CO2)cc1. The third-order valence-corrected chi connectivity index (χ3v) is 7.39. The molecule has 2 fully saturated rings. The second-order valence-electron chi connectivity index (χ2n) is 9.55. The first-order chi connectivity index (χ1) is 16.6. The number of carbonyl (C=O) groups is 2. The second kappa shape index (κ2) is 10.1. The van der Waals surface area contributed by atoms with Crippen molar-refractivity contribution in [2.75, 3.05) is 20.2 Å². The maximum atomic E-state index is 13.2. The molecule has 1 aliphatic carbocycles. The molecule has 1 N–H and O–H groups in total. The normalized spacial score (nSPS) is 21.7. The van der Waals surface area contributed by atoms with E-state index < -0.39 is 0 Å². The molecule has 182 valence electrons. The van der Waals surface area contributed by atoms with Crippen molar-refractivity contribution in [1.29, 1.82) is 0 Å². The minimum Gasteiger partial charge on any atom is -0.497 e. The predicted octanol–water partition coefficient (Wildman–Crippen LogP) is 2.86. The average Bonchev–Trinajstić information content (AvgIpc) is 3.32. The van der Waals surface area contributed by atoms with Crippen LogP contribution < -0.4 is 10.1 Å². The molecule has 1 unspecified atom stereocenters. The number of nitrogens with zero attached hydrogens (tertiary/aromatic N) is 4. The van der Waals surface area contributed by atoms with Crippen LogP contribution in [-0.4, -0.2) is 57.9 Å². The van der Waals surface area contributed by atoms with Gasteiger partial charge in [0.15, 0.2) is 5.69 Å². The lowest BCUT2D eigenvalue weighted by molar-refractivity contribution is -0.127. The first-order valence-electron chi connectivity index (χ1n) is 12.4. The van der Waals surface area contributed by atoms with Crippen molar-refractivity contribution in [3.05, 3.63) is 41.2 Å². The molecule has 1 atom stereocenters. The summed E-state index contributed by atoms with van der Waals surface area (Å²) in [6.45, 7) is 1.91. The van der Waals surface area contributed by atoms with Gasteiger partial charge < -0.3 is 19.7 Å². The van der Waals surface area contributed by atoms with Gasteiger partial charge in [-0.05, 0) is 43.4 Å². The van der Waals surface area contributed by atoms with Gasteiger partial charge in [-0.1, -0.05) is 36.6 Å². The molecule has 2 amide bonds. The minimum atomic E-state index is -0.151. The van der Waals surface area contributed by atoms with E-state index in [1.54, 1.807) is 16.7 Å². The largest absolute Gasteiger partial charge is 0.497 e. The van der Waals surface area contributed by atoms with Crippen LogP contribution in [0.15, 0.2) is 24.3 Å². The quantitative estimate of drug-likeness (QED) is 0.726. The summed E-state index contributed by atoms with van der Waals surface area (Å²) in [5.41, 5.74) is 2.11. The van der Waals surface area contributed by atoms with Gasteiger partial charge in [0.05, 0.1) is 26.0 Å². The van der Waals surface area contributed by atoms with Crippen molar-refractivity contribution in [3.8, 4) is 5.75 Å². The standard InChI is InChI=1S/C25H33N5O4/c1-33-20-9-7-17(8-10-20)22-15-30-21(16-34-22)23(27-28-30)25(32)29-13-11-18(12-14-29)24(31)26-19-5-3-2-4-6-19/h7-10,18-19,22H,2-6,11-16H2,1H3,(H,26,31). The van der Waals surface area contributed by atoms with Crippen molar-refractivity contribution in [1.82, 2.24) is 25.2 Å². The van der Waals surface area contributed by atoms with Gasteiger partial charge in [-0.3, -0.25) is 9.59 Å². The van der Waals surface area contributed by atoms with Crippen LogP contribution >= 0.6 is 0 Å². The maximum Gasteiger partial charge on any atom is 0.276 e. The van der Waals surface area contributed by atoms with E-state index in [-0.39, 0.29) is 30.4 Å². The molecule has 1 aromatic carbocycles. The zero-order valence-electron chi connectivity index (χ0n) is 19.7. The molecule has 9 heteroatoms. The van der Waals surface area contributed by atoms with E-state index in [0.717, 1.165) is 24.2 Å². The van der Waals surface area contributed by atoms with Crippen LogP contribution in [0.1, 0.15) is 72.8 Å². The topological polar surface area (TPSA) is 98.6 Å². The summed E-state index contributed by atoms with van der Waals surface area (Å²) < 4.78 is 13.1. The molecule has 3 heterocycles.